The zero-order valence-electron chi connectivity index (χ0n) is 10.6. The van der Waals surface area contributed by atoms with E-state index in [1.54, 1.807) is 12.1 Å². The highest BCUT2D eigenvalue weighted by molar-refractivity contribution is 7.65. The standard InChI is InChI=1S/C15H17O2P/c1-12-3-7-14(8-4-12)11-18(16,17)15-9-5-13(2)6-10-15/h3-10H,11H2,1-2H3,(H,16,17). The Morgan fingerprint density at radius 2 is 1.33 bits per heavy atom. The first-order valence-electron chi connectivity index (χ1n) is 5.92. The summed E-state index contributed by atoms with van der Waals surface area (Å²) in [5, 5.41) is 0.522. The topological polar surface area (TPSA) is 37.3 Å². The van der Waals surface area contributed by atoms with Crippen molar-refractivity contribution in [3.05, 3.63) is 65.2 Å². The van der Waals surface area contributed by atoms with Crippen LogP contribution in [0.4, 0.5) is 0 Å². The van der Waals surface area contributed by atoms with Crippen molar-refractivity contribution in [3.63, 3.8) is 0 Å². The van der Waals surface area contributed by atoms with Crippen LogP contribution in [0.15, 0.2) is 48.5 Å². The van der Waals surface area contributed by atoms with Gasteiger partial charge in [0.15, 0.2) is 0 Å². The highest BCUT2D eigenvalue weighted by Gasteiger charge is 2.21. The van der Waals surface area contributed by atoms with Gasteiger partial charge < -0.3 is 4.89 Å². The van der Waals surface area contributed by atoms with Crippen LogP contribution >= 0.6 is 7.37 Å². The van der Waals surface area contributed by atoms with Crippen LogP contribution in [0, 0.1) is 13.8 Å². The quantitative estimate of drug-likeness (QED) is 0.859. The van der Waals surface area contributed by atoms with Crippen LogP contribution in [0.5, 0.6) is 0 Å². The van der Waals surface area contributed by atoms with Gasteiger partial charge in [-0.1, -0.05) is 47.5 Å². The number of hydrogen-bond acceptors (Lipinski definition) is 1. The van der Waals surface area contributed by atoms with Crippen molar-refractivity contribution in [2.24, 2.45) is 0 Å². The van der Waals surface area contributed by atoms with Gasteiger partial charge in [-0.05, 0) is 31.5 Å². The molecular formula is C15H17O2P. The van der Waals surface area contributed by atoms with Gasteiger partial charge in [-0.3, -0.25) is 4.57 Å². The van der Waals surface area contributed by atoms with E-state index >= 15 is 0 Å². The molecule has 2 nitrogen and oxygen atoms in total. The Bertz CT molecular complexity index is 570. The molecule has 0 saturated carbocycles. The van der Waals surface area contributed by atoms with Crippen LogP contribution in [-0.4, -0.2) is 4.89 Å². The van der Waals surface area contributed by atoms with E-state index in [9.17, 15) is 9.46 Å². The SMILES string of the molecule is Cc1ccc(CP(=O)(O)c2ccc(C)cc2)cc1. The zero-order valence-corrected chi connectivity index (χ0v) is 11.5. The minimum atomic E-state index is -3.30. The lowest BCUT2D eigenvalue weighted by Gasteiger charge is -2.12. The highest BCUT2D eigenvalue weighted by atomic mass is 31.2. The van der Waals surface area contributed by atoms with Gasteiger partial charge in [0, 0.05) is 5.30 Å². The zero-order chi connectivity index (χ0) is 13.2. The van der Waals surface area contributed by atoms with Crippen LogP contribution in [0.3, 0.4) is 0 Å². The van der Waals surface area contributed by atoms with Gasteiger partial charge in [-0.15, -0.1) is 0 Å². The average Bonchev–Trinajstić information content (AvgIpc) is 2.32. The highest BCUT2D eigenvalue weighted by Crippen LogP contribution is 2.43. The lowest BCUT2D eigenvalue weighted by atomic mass is 10.2. The van der Waals surface area contributed by atoms with Crippen molar-refractivity contribution in [1.82, 2.24) is 0 Å². The fraction of sp³-hybridized carbons (Fsp3) is 0.200. The van der Waals surface area contributed by atoms with Gasteiger partial charge in [0.05, 0.1) is 6.16 Å². The molecule has 0 bridgehead atoms. The molecule has 0 radical (unpaired) electrons. The Hall–Kier alpha value is -1.37. The van der Waals surface area contributed by atoms with Gasteiger partial charge in [0.25, 0.3) is 0 Å². The van der Waals surface area contributed by atoms with E-state index in [1.165, 1.54) is 0 Å². The molecule has 2 aromatic rings. The van der Waals surface area contributed by atoms with E-state index < -0.39 is 7.37 Å². The van der Waals surface area contributed by atoms with Crippen LogP contribution in [0.1, 0.15) is 16.7 Å². The van der Waals surface area contributed by atoms with Gasteiger partial charge in [-0.2, -0.15) is 0 Å². The summed E-state index contributed by atoms with van der Waals surface area (Å²) in [7, 11) is -3.30. The van der Waals surface area contributed by atoms with Gasteiger partial charge in [0.1, 0.15) is 0 Å². The minimum Gasteiger partial charge on any atom is -0.341 e. The van der Waals surface area contributed by atoms with Crippen molar-refractivity contribution in [3.8, 4) is 0 Å². The van der Waals surface area contributed by atoms with Gasteiger partial charge >= 0.3 is 0 Å². The predicted octanol–water partition coefficient (Wildman–Crippen LogP) is 3.40. The summed E-state index contributed by atoms with van der Waals surface area (Å²) in [6.07, 6.45) is 0.191. The Balaban J connectivity index is 2.24. The molecule has 94 valence electrons. The van der Waals surface area contributed by atoms with Crippen molar-refractivity contribution in [2.45, 2.75) is 20.0 Å². The largest absolute Gasteiger partial charge is 0.341 e. The fourth-order valence-electron chi connectivity index (χ4n) is 1.81. The number of hydrogen-bond donors (Lipinski definition) is 1. The Morgan fingerprint density at radius 3 is 1.83 bits per heavy atom. The van der Waals surface area contributed by atoms with Gasteiger partial charge in [-0.25, -0.2) is 0 Å². The minimum absolute atomic E-state index is 0.191. The van der Waals surface area contributed by atoms with Gasteiger partial charge in [0.2, 0.25) is 7.37 Å². The molecule has 0 saturated heterocycles. The van der Waals surface area contributed by atoms with E-state index in [4.69, 9.17) is 0 Å². The fourth-order valence-corrected chi connectivity index (χ4v) is 3.31. The summed E-state index contributed by atoms with van der Waals surface area (Å²) in [6, 6.07) is 15.0. The van der Waals surface area contributed by atoms with Crippen LogP contribution in [0.25, 0.3) is 0 Å². The molecule has 0 amide bonds. The summed E-state index contributed by atoms with van der Waals surface area (Å²) in [5.74, 6) is 0. The molecule has 0 heterocycles. The molecule has 1 unspecified atom stereocenters. The van der Waals surface area contributed by atoms with E-state index in [2.05, 4.69) is 0 Å². The van der Waals surface area contributed by atoms with Crippen molar-refractivity contribution in [1.29, 1.82) is 0 Å². The molecule has 1 N–H and O–H groups in total. The second kappa shape index (κ2) is 5.09. The normalized spacial score (nSPS) is 14.2. The molecule has 0 spiro atoms. The molecule has 0 aliphatic rings. The first-order valence-corrected chi connectivity index (χ1v) is 7.76. The molecule has 3 heteroatoms. The number of benzene rings is 2. The molecular weight excluding hydrogens is 243 g/mol. The summed E-state index contributed by atoms with van der Waals surface area (Å²) in [6.45, 7) is 3.97. The molecule has 0 aliphatic carbocycles. The number of aryl methyl sites for hydroxylation is 2. The molecule has 2 aromatic carbocycles. The predicted molar refractivity (Wildman–Crippen MR) is 75.5 cm³/mol. The van der Waals surface area contributed by atoms with Crippen LogP contribution < -0.4 is 5.30 Å². The van der Waals surface area contributed by atoms with E-state index in [0.29, 0.717) is 5.30 Å². The molecule has 0 fully saturated rings. The maximum Gasteiger partial charge on any atom is 0.233 e. The molecule has 1 atom stereocenters. The lowest BCUT2D eigenvalue weighted by Crippen LogP contribution is -2.06. The lowest BCUT2D eigenvalue weighted by molar-refractivity contribution is 0.489. The first-order chi connectivity index (χ1) is 8.47. The van der Waals surface area contributed by atoms with E-state index in [-0.39, 0.29) is 6.16 Å². The molecule has 2 rings (SSSR count). The van der Waals surface area contributed by atoms with Crippen molar-refractivity contribution >= 4 is 12.7 Å². The summed E-state index contributed by atoms with van der Waals surface area (Å²) < 4.78 is 12.3. The van der Waals surface area contributed by atoms with Crippen LogP contribution in [-0.2, 0) is 10.7 Å². The third-order valence-corrected chi connectivity index (χ3v) is 4.85. The van der Waals surface area contributed by atoms with Crippen molar-refractivity contribution in [2.75, 3.05) is 0 Å². The average molecular weight is 260 g/mol. The summed E-state index contributed by atoms with van der Waals surface area (Å²) in [4.78, 5) is 10.2. The molecule has 18 heavy (non-hydrogen) atoms. The smallest absolute Gasteiger partial charge is 0.233 e. The van der Waals surface area contributed by atoms with Crippen LogP contribution in [0.2, 0.25) is 0 Å². The second-order valence-electron chi connectivity index (χ2n) is 4.68. The molecule has 0 aromatic heterocycles. The Morgan fingerprint density at radius 1 is 0.889 bits per heavy atom. The van der Waals surface area contributed by atoms with Crippen molar-refractivity contribution < 1.29 is 9.46 Å². The van der Waals surface area contributed by atoms with E-state index in [1.807, 2.05) is 50.2 Å². The summed E-state index contributed by atoms with van der Waals surface area (Å²) in [5.41, 5.74) is 3.14. The summed E-state index contributed by atoms with van der Waals surface area (Å²) >= 11 is 0. The maximum absolute atomic E-state index is 12.3. The third kappa shape index (κ3) is 3.10. The second-order valence-corrected chi connectivity index (χ2v) is 6.92. The first kappa shape index (κ1) is 13.1. The Kier molecular flexibility index (Phi) is 3.70. The monoisotopic (exact) mass is 260 g/mol. The molecule has 0 aliphatic heterocycles. The Labute approximate surface area is 108 Å². The number of rotatable bonds is 3. The maximum atomic E-state index is 12.3. The third-order valence-electron chi connectivity index (χ3n) is 2.95. The van der Waals surface area contributed by atoms with E-state index in [0.717, 1.165) is 16.7 Å².